The van der Waals surface area contributed by atoms with Gasteiger partial charge in [-0.2, -0.15) is 5.10 Å². The normalized spacial score (nSPS) is 19.2. The SMILES string of the molecule is Cc1n[nH]c(C)c1CC(=O)N1CCC[C@@H]1C(=O)O. The molecule has 0 spiro atoms. The molecular formula is C12H17N3O3. The molecule has 18 heavy (non-hydrogen) atoms. The maximum atomic E-state index is 12.2. The molecule has 1 aliphatic rings. The number of aryl methyl sites for hydroxylation is 2. The molecule has 1 atom stereocenters. The molecule has 1 saturated heterocycles. The maximum Gasteiger partial charge on any atom is 0.326 e. The lowest BCUT2D eigenvalue weighted by Gasteiger charge is -2.21. The molecule has 6 nitrogen and oxygen atoms in total. The van der Waals surface area contributed by atoms with Gasteiger partial charge in [0, 0.05) is 17.8 Å². The highest BCUT2D eigenvalue weighted by atomic mass is 16.4. The van der Waals surface area contributed by atoms with E-state index in [-0.39, 0.29) is 12.3 Å². The van der Waals surface area contributed by atoms with Crippen molar-refractivity contribution in [2.75, 3.05) is 6.54 Å². The van der Waals surface area contributed by atoms with E-state index in [2.05, 4.69) is 10.2 Å². The fraction of sp³-hybridized carbons (Fsp3) is 0.583. The summed E-state index contributed by atoms with van der Waals surface area (Å²) in [6.45, 7) is 4.23. The zero-order valence-electron chi connectivity index (χ0n) is 10.6. The number of likely N-dealkylation sites (tertiary alicyclic amines) is 1. The van der Waals surface area contributed by atoms with Crippen LogP contribution < -0.4 is 0 Å². The number of carbonyl (C=O) groups excluding carboxylic acids is 1. The van der Waals surface area contributed by atoms with E-state index in [0.29, 0.717) is 13.0 Å². The first kappa shape index (κ1) is 12.6. The summed E-state index contributed by atoms with van der Waals surface area (Å²) >= 11 is 0. The molecule has 1 fully saturated rings. The van der Waals surface area contributed by atoms with Crippen LogP contribution in [0.25, 0.3) is 0 Å². The summed E-state index contributed by atoms with van der Waals surface area (Å²) in [5, 5.41) is 15.9. The van der Waals surface area contributed by atoms with Gasteiger partial charge in [-0.15, -0.1) is 0 Å². The Kier molecular flexibility index (Phi) is 3.36. The minimum absolute atomic E-state index is 0.132. The van der Waals surface area contributed by atoms with Gasteiger partial charge in [0.15, 0.2) is 0 Å². The van der Waals surface area contributed by atoms with Crippen molar-refractivity contribution in [2.45, 2.75) is 39.2 Å². The zero-order valence-corrected chi connectivity index (χ0v) is 10.6. The van der Waals surface area contributed by atoms with E-state index in [1.165, 1.54) is 4.90 Å². The molecule has 0 bridgehead atoms. The van der Waals surface area contributed by atoms with E-state index in [9.17, 15) is 9.59 Å². The van der Waals surface area contributed by atoms with Crippen LogP contribution in [0.5, 0.6) is 0 Å². The zero-order chi connectivity index (χ0) is 13.3. The Morgan fingerprint density at radius 3 is 2.78 bits per heavy atom. The summed E-state index contributed by atoms with van der Waals surface area (Å²) in [7, 11) is 0. The van der Waals surface area contributed by atoms with Gasteiger partial charge >= 0.3 is 5.97 Å². The Bertz CT molecular complexity index is 461. The van der Waals surface area contributed by atoms with Crippen LogP contribution in [0.2, 0.25) is 0 Å². The lowest BCUT2D eigenvalue weighted by molar-refractivity contribution is -0.148. The van der Waals surface area contributed by atoms with Crippen LogP contribution in [0.1, 0.15) is 29.8 Å². The Morgan fingerprint density at radius 2 is 2.22 bits per heavy atom. The molecule has 98 valence electrons. The number of carboxylic acids is 1. The predicted octanol–water partition coefficient (Wildman–Crippen LogP) is 0.645. The highest BCUT2D eigenvalue weighted by molar-refractivity contribution is 5.85. The minimum atomic E-state index is -0.915. The van der Waals surface area contributed by atoms with E-state index in [4.69, 9.17) is 5.11 Å². The second-order valence-electron chi connectivity index (χ2n) is 4.67. The first-order chi connectivity index (χ1) is 8.50. The van der Waals surface area contributed by atoms with Crippen molar-refractivity contribution in [3.8, 4) is 0 Å². The number of H-pyrrole nitrogens is 1. The molecule has 0 radical (unpaired) electrons. The van der Waals surface area contributed by atoms with Gasteiger partial charge in [0.2, 0.25) is 5.91 Å². The van der Waals surface area contributed by atoms with Gasteiger partial charge in [-0.3, -0.25) is 9.89 Å². The van der Waals surface area contributed by atoms with E-state index < -0.39 is 12.0 Å². The number of hydrogen-bond donors (Lipinski definition) is 2. The third-order valence-electron chi connectivity index (χ3n) is 3.47. The number of carboxylic acid groups (broad SMARTS) is 1. The summed E-state index contributed by atoms with van der Waals surface area (Å²) in [4.78, 5) is 24.7. The van der Waals surface area contributed by atoms with Crippen molar-refractivity contribution >= 4 is 11.9 Å². The van der Waals surface area contributed by atoms with Gasteiger partial charge in [-0.1, -0.05) is 0 Å². The molecule has 1 aliphatic heterocycles. The molecule has 2 rings (SSSR count). The number of hydrogen-bond acceptors (Lipinski definition) is 3. The minimum Gasteiger partial charge on any atom is -0.480 e. The van der Waals surface area contributed by atoms with Crippen molar-refractivity contribution in [3.63, 3.8) is 0 Å². The van der Waals surface area contributed by atoms with Crippen LogP contribution in [-0.2, 0) is 16.0 Å². The first-order valence-electron chi connectivity index (χ1n) is 6.03. The molecule has 1 amide bonds. The molecule has 6 heteroatoms. The average molecular weight is 251 g/mol. The number of nitrogens with one attached hydrogen (secondary N) is 1. The third kappa shape index (κ3) is 2.23. The smallest absolute Gasteiger partial charge is 0.326 e. The fourth-order valence-electron chi connectivity index (χ4n) is 2.41. The number of nitrogens with zero attached hydrogens (tertiary/aromatic N) is 2. The van der Waals surface area contributed by atoms with Gasteiger partial charge < -0.3 is 10.0 Å². The second kappa shape index (κ2) is 4.80. The van der Waals surface area contributed by atoms with Gasteiger partial charge in [0.05, 0.1) is 12.1 Å². The van der Waals surface area contributed by atoms with Crippen LogP contribution in [0.15, 0.2) is 0 Å². The predicted molar refractivity (Wildman–Crippen MR) is 64.1 cm³/mol. The second-order valence-corrected chi connectivity index (χ2v) is 4.67. The number of carbonyl (C=O) groups is 2. The van der Waals surface area contributed by atoms with Crippen LogP contribution in [0, 0.1) is 13.8 Å². The summed E-state index contributed by atoms with van der Waals surface area (Å²) in [5.74, 6) is -1.05. The van der Waals surface area contributed by atoms with E-state index in [0.717, 1.165) is 23.4 Å². The topological polar surface area (TPSA) is 86.3 Å². The lowest BCUT2D eigenvalue weighted by Crippen LogP contribution is -2.41. The molecule has 0 saturated carbocycles. The molecule has 1 aromatic heterocycles. The molecule has 0 unspecified atom stereocenters. The summed E-state index contributed by atoms with van der Waals surface area (Å²) in [6, 6.07) is -0.662. The van der Waals surface area contributed by atoms with Crippen molar-refractivity contribution < 1.29 is 14.7 Å². The summed E-state index contributed by atoms with van der Waals surface area (Å²) in [6.07, 6.45) is 1.52. The summed E-state index contributed by atoms with van der Waals surface area (Å²) < 4.78 is 0. The van der Waals surface area contributed by atoms with Gasteiger partial charge in [0.1, 0.15) is 6.04 Å². The number of rotatable bonds is 3. The quantitative estimate of drug-likeness (QED) is 0.825. The average Bonchev–Trinajstić information content (AvgIpc) is 2.90. The van der Waals surface area contributed by atoms with Crippen molar-refractivity contribution in [3.05, 3.63) is 17.0 Å². The standard InChI is InChI=1S/C12H17N3O3/c1-7-9(8(2)14-13-7)6-11(16)15-5-3-4-10(15)12(17)18/h10H,3-6H2,1-2H3,(H,13,14)(H,17,18)/t10-/m1/s1. The Labute approximate surface area is 105 Å². The number of aromatic nitrogens is 2. The van der Waals surface area contributed by atoms with E-state index in [1.54, 1.807) is 0 Å². The maximum absolute atomic E-state index is 12.2. The lowest BCUT2D eigenvalue weighted by atomic mass is 10.1. The molecule has 2 heterocycles. The van der Waals surface area contributed by atoms with E-state index in [1.807, 2.05) is 13.8 Å². The largest absolute Gasteiger partial charge is 0.480 e. The van der Waals surface area contributed by atoms with Crippen LogP contribution >= 0.6 is 0 Å². The van der Waals surface area contributed by atoms with E-state index >= 15 is 0 Å². The Hall–Kier alpha value is -1.85. The van der Waals surface area contributed by atoms with Crippen molar-refractivity contribution in [1.29, 1.82) is 0 Å². The molecule has 0 aromatic carbocycles. The number of amides is 1. The highest BCUT2D eigenvalue weighted by Crippen LogP contribution is 2.20. The molecule has 0 aliphatic carbocycles. The Balaban J connectivity index is 2.11. The van der Waals surface area contributed by atoms with Crippen molar-refractivity contribution in [1.82, 2.24) is 15.1 Å². The van der Waals surface area contributed by atoms with Crippen molar-refractivity contribution in [2.24, 2.45) is 0 Å². The molecular weight excluding hydrogens is 234 g/mol. The van der Waals surface area contributed by atoms with Crippen LogP contribution in [-0.4, -0.2) is 44.7 Å². The fourth-order valence-corrected chi connectivity index (χ4v) is 2.41. The Morgan fingerprint density at radius 1 is 1.50 bits per heavy atom. The number of aliphatic carboxylic acids is 1. The van der Waals surface area contributed by atoms with Gasteiger partial charge in [0.25, 0.3) is 0 Å². The monoisotopic (exact) mass is 251 g/mol. The van der Waals surface area contributed by atoms with Crippen LogP contribution in [0.4, 0.5) is 0 Å². The molecule has 2 N–H and O–H groups in total. The first-order valence-corrected chi connectivity index (χ1v) is 6.03. The third-order valence-corrected chi connectivity index (χ3v) is 3.47. The summed E-state index contributed by atoms with van der Waals surface area (Å²) in [5.41, 5.74) is 2.54. The van der Waals surface area contributed by atoms with Gasteiger partial charge in [-0.05, 0) is 26.7 Å². The van der Waals surface area contributed by atoms with Gasteiger partial charge in [-0.25, -0.2) is 4.79 Å². The van der Waals surface area contributed by atoms with Crippen LogP contribution in [0.3, 0.4) is 0 Å². The number of aromatic amines is 1. The highest BCUT2D eigenvalue weighted by Gasteiger charge is 2.34. The molecule has 1 aromatic rings.